The monoisotopic (exact) mass is 301 g/mol. The number of rotatable bonds is 6. The standard InChI is InChI=1S/C15H18F3NO2/c1-4-6-11-8-13(10(3)15(16,17)18)9-12(7-5-2)14(11)19(20)21/h8-9H,3-7H2,1-2H3. The summed E-state index contributed by atoms with van der Waals surface area (Å²) in [5, 5.41) is 11.2. The van der Waals surface area contributed by atoms with E-state index in [-0.39, 0.29) is 11.3 Å². The number of hydrogen-bond donors (Lipinski definition) is 0. The molecule has 0 heterocycles. The topological polar surface area (TPSA) is 43.1 Å². The molecule has 1 aromatic rings. The fourth-order valence-electron chi connectivity index (χ4n) is 2.25. The molecule has 0 atom stereocenters. The lowest BCUT2D eigenvalue weighted by Gasteiger charge is -2.14. The molecule has 0 aliphatic heterocycles. The molecule has 0 fully saturated rings. The van der Waals surface area contributed by atoms with Gasteiger partial charge in [0.05, 0.1) is 10.5 Å². The zero-order valence-corrected chi connectivity index (χ0v) is 12.1. The van der Waals surface area contributed by atoms with Crippen LogP contribution in [0.1, 0.15) is 43.4 Å². The van der Waals surface area contributed by atoms with Crippen LogP contribution in [0.2, 0.25) is 0 Å². The summed E-state index contributed by atoms with van der Waals surface area (Å²) in [6.07, 6.45) is -2.57. The molecule has 0 saturated heterocycles. The van der Waals surface area contributed by atoms with E-state index < -0.39 is 16.7 Å². The number of halogens is 3. The third-order valence-corrected chi connectivity index (χ3v) is 3.18. The molecular formula is C15H18F3NO2. The molecule has 0 amide bonds. The van der Waals surface area contributed by atoms with E-state index in [1.165, 1.54) is 12.1 Å². The van der Waals surface area contributed by atoms with Gasteiger partial charge in [0.2, 0.25) is 0 Å². The van der Waals surface area contributed by atoms with Gasteiger partial charge in [-0.2, -0.15) is 13.2 Å². The van der Waals surface area contributed by atoms with E-state index in [1.54, 1.807) is 0 Å². The molecule has 0 spiro atoms. The van der Waals surface area contributed by atoms with E-state index in [2.05, 4.69) is 6.58 Å². The van der Waals surface area contributed by atoms with Gasteiger partial charge in [-0.15, -0.1) is 0 Å². The number of allylic oxidation sites excluding steroid dienone is 1. The van der Waals surface area contributed by atoms with Gasteiger partial charge >= 0.3 is 6.18 Å². The summed E-state index contributed by atoms with van der Waals surface area (Å²) in [5.41, 5.74) is -0.424. The van der Waals surface area contributed by atoms with Gasteiger partial charge in [-0.25, -0.2) is 0 Å². The zero-order valence-electron chi connectivity index (χ0n) is 12.1. The van der Waals surface area contributed by atoms with Crippen LogP contribution in [0.15, 0.2) is 18.7 Å². The maximum absolute atomic E-state index is 12.8. The number of nitro groups is 1. The van der Waals surface area contributed by atoms with Crippen LogP contribution in [0.25, 0.3) is 5.57 Å². The average molecular weight is 301 g/mol. The molecule has 0 bridgehead atoms. The third-order valence-electron chi connectivity index (χ3n) is 3.18. The van der Waals surface area contributed by atoms with Crippen molar-refractivity contribution in [1.29, 1.82) is 0 Å². The van der Waals surface area contributed by atoms with Crippen LogP contribution in [0.5, 0.6) is 0 Å². The van der Waals surface area contributed by atoms with Crippen LogP contribution in [0.3, 0.4) is 0 Å². The van der Waals surface area contributed by atoms with Gasteiger partial charge in [0, 0.05) is 11.1 Å². The zero-order chi connectivity index (χ0) is 16.2. The minimum atomic E-state index is -4.54. The van der Waals surface area contributed by atoms with Crippen LogP contribution in [-0.4, -0.2) is 11.1 Å². The first-order valence-electron chi connectivity index (χ1n) is 6.79. The highest BCUT2D eigenvalue weighted by Crippen LogP contribution is 2.36. The molecule has 6 heteroatoms. The highest BCUT2D eigenvalue weighted by Gasteiger charge is 2.34. The SMILES string of the molecule is C=C(c1cc(CCC)c([N+](=O)[O-])c(CCC)c1)C(F)(F)F. The van der Waals surface area contributed by atoms with Gasteiger partial charge in [0.25, 0.3) is 5.69 Å². The Labute approximate surface area is 121 Å². The van der Waals surface area contributed by atoms with E-state index in [1.807, 2.05) is 13.8 Å². The Kier molecular flexibility index (Phi) is 5.52. The van der Waals surface area contributed by atoms with Crippen molar-refractivity contribution in [2.75, 3.05) is 0 Å². The van der Waals surface area contributed by atoms with Crippen molar-refractivity contribution in [3.8, 4) is 0 Å². The summed E-state index contributed by atoms with van der Waals surface area (Å²) in [6.45, 7) is 6.73. The van der Waals surface area contributed by atoms with Crippen molar-refractivity contribution in [2.24, 2.45) is 0 Å². The molecular weight excluding hydrogens is 283 g/mol. The number of aryl methyl sites for hydroxylation is 2. The largest absolute Gasteiger partial charge is 0.416 e. The number of alkyl halides is 3. The molecule has 1 aromatic carbocycles. The molecule has 0 aliphatic rings. The average Bonchev–Trinajstić information content (AvgIpc) is 2.36. The first-order chi connectivity index (χ1) is 9.72. The molecule has 0 radical (unpaired) electrons. The molecule has 0 unspecified atom stereocenters. The summed E-state index contributed by atoms with van der Waals surface area (Å²) >= 11 is 0. The molecule has 0 N–H and O–H groups in total. The molecule has 21 heavy (non-hydrogen) atoms. The van der Waals surface area contributed by atoms with Gasteiger partial charge in [0.15, 0.2) is 0 Å². The Bertz CT molecular complexity index is 523. The molecule has 1 rings (SSSR count). The van der Waals surface area contributed by atoms with Crippen LogP contribution >= 0.6 is 0 Å². The Morgan fingerprint density at radius 3 is 1.90 bits per heavy atom. The van der Waals surface area contributed by atoms with Crippen molar-refractivity contribution in [3.05, 3.63) is 45.5 Å². The van der Waals surface area contributed by atoms with E-state index in [4.69, 9.17) is 0 Å². The van der Waals surface area contributed by atoms with E-state index in [0.717, 1.165) is 0 Å². The number of hydrogen-bond acceptors (Lipinski definition) is 2. The van der Waals surface area contributed by atoms with Gasteiger partial charge in [-0.3, -0.25) is 10.1 Å². The van der Waals surface area contributed by atoms with Gasteiger partial charge < -0.3 is 0 Å². The molecule has 0 saturated carbocycles. The number of benzene rings is 1. The van der Waals surface area contributed by atoms with Gasteiger partial charge in [-0.05, 0) is 30.5 Å². The number of nitro benzene ring substituents is 1. The summed E-state index contributed by atoms with van der Waals surface area (Å²) < 4.78 is 38.4. The van der Waals surface area contributed by atoms with Gasteiger partial charge in [0.1, 0.15) is 0 Å². The Morgan fingerprint density at radius 1 is 1.19 bits per heavy atom. The van der Waals surface area contributed by atoms with Crippen LogP contribution in [0, 0.1) is 10.1 Å². The lowest BCUT2D eigenvalue weighted by Crippen LogP contribution is -2.11. The Balaban J connectivity index is 3.49. The lowest BCUT2D eigenvalue weighted by atomic mass is 9.94. The third kappa shape index (κ3) is 4.06. The summed E-state index contributed by atoms with van der Waals surface area (Å²) in [7, 11) is 0. The second kappa shape index (κ2) is 6.74. The molecule has 0 aromatic heterocycles. The predicted molar refractivity (Wildman–Crippen MR) is 76.2 cm³/mol. The van der Waals surface area contributed by atoms with Crippen molar-refractivity contribution in [3.63, 3.8) is 0 Å². The summed E-state index contributed by atoms with van der Waals surface area (Å²) in [4.78, 5) is 10.7. The van der Waals surface area contributed by atoms with Crippen LogP contribution in [0.4, 0.5) is 18.9 Å². The molecule has 3 nitrogen and oxygen atoms in total. The lowest BCUT2D eigenvalue weighted by molar-refractivity contribution is -0.386. The van der Waals surface area contributed by atoms with Crippen molar-refractivity contribution >= 4 is 11.3 Å². The van der Waals surface area contributed by atoms with E-state index in [9.17, 15) is 23.3 Å². The van der Waals surface area contributed by atoms with Crippen molar-refractivity contribution in [1.82, 2.24) is 0 Å². The Hall–Kier alpha value is -1.85. The first-order valence-corrected chi connectivity index (χ1v) is 6.79. The van der Waals surface area contributed by atoms with Crippen LogP contribution < -0.4 is 0 Å². The number of nitrogens with zero attached hydrogens (tertiary/aromatic N) is 1. The normalized spacial score (nSPS) is 11.5. The first kappa shape index (κ1) is 17.2. The minimum absolute atomic E-state index is 0.0579. The smallest absolute Gasteiger partial charge is 0.258 e. The van der Waals surface area contributed by atoms with Crippen molar-refractivity contribution < 1.29 is 18.1 Å². The van der Waals surface area contributed by atoms with Gasteiger partial charge in [-0.1, -0.05) is 33.3 Å². The molecule has 116 valence electrons. The quantitative estimate of drug-likeness (QED) is 0.543. The predicted octanol–water partition coefficient (Wildman–Crippen LogP) is 5.08. The van der Waals surface area contributed by atoms with Crippen molar-refractivity contribution in [2.45, 2.75) is 45.7 Å². The summed E-state index contributed by atoms with van der Waals surface area (Å²) in [6, 6.07) is 2.49. The maximum Gasteiger partial charge on any atom is 0.416 e. The minimum Gasteiger partial charge on any atom is -0.258 e. The Morgan fingerprint density at radius 2 is 1.62 bits per heavy atom. The summed E-state index contributed by atoms with van der Waals surface area (Å²) in [5.74, 6) is 0. The van der Waals surface area contributed by atoms with E-state index in [0.29, 0.717) is 36.8 Å². The fourth-order valence-corrected chi connectivity index (χ4v) is 2.25. The highest BCUT2D eigenvalue weighted by atomic mass is 19.4. The van der Waals surface area contributed by atoms with E-state index >= 15 is 0 Å². The second-order valence-electron chi connectivity index (χ2n) is 4.88. The van der Waals surface area contributed by atoms with Crippen LogP contribution in [-0.2, 0) is 12.8 Å². The fraction of sp³-hybridized carbons (Fsp3) is 0.467. The molecule has 0 aliphatic carbocycles. The maximum atomic E-state index is 12.8. The highest BCUT2D eigenvalue weighted by molar-refractivity contribution is 5.71. The second-order valence-corrected chi connectivity index (χ2v) is 4.88.